The van der Waals surface area contributed by atoms with Gasteiger partial charge in [-0.3, -0.25) is 0 Å². The van der Waals surface area contributed by atoms with Gasteiger partial charge in [-0.25, -0.2) is 0 Å². The first-order valence-corrected chi connectivity index (χ1v) is 4.02. The van der Waals surface area contributed by atoms with Crippen LogP contribution in [0.2, 0.25) is 0 Å². The zero-order valence-corrected chi connectivity index (χ0v) is 10.8. The molecule has 0 rings (SSSR count). The molecule has 0 heterocycles. The Bertz CT molecular complexity index is 40.2. The molecule has 0 atom stereocenters. The third-order valence-electron chi connectivity index (χ3n) is 0. The van der Waals surface area contributed by atoms with Crippen molar-refractivity contribution in [2.45, 2.75) is 0 Å². The summed E-state index contributed by atoms with van der Waals surface area (Å²) < 4.78 is 3.01. The molecule has 12 heavy (non-hydrogen) atoms. The van der Waals surface area contributed by atoms with Crippen molar-refractivity contribution in [1.29, 1.82) is 0 Å². The summed E-state index contributed by atoms with van der Waals surface area (Å²) >= 11 is 1.47. The maximum atomic E-state index is 4.48. The molecule has 0 radical (unpaired) electrons. The maximum absolute atomic E-state index is 4.48. The van der Waals surface area contributed by atoms with Crippen molar-refractivity contribution in [3.05, 3.63) is 16.0 Å². The predicted molar refractivity (Wildman–Crippen MR) is 52.2 cm³/mol. The van der Waals surface area contributed by atoms with Crippen molar-refractivity contribution in [2.75, 3.05) is 42.3 Å². The summed E-state index contributed by atoms with van der Waals surface area (Å²) in [6.07, 6.45) is 0. The van der Waals surface area contributed by atoms with Crippen molar-refractivity contribution in [3.8, 4) is 0 Å². The van der Waals surface area contributed by atoms with Gasteiger partial charge >= 0.3 is 29.1 Å². The van der Waals surface area contributed by atoms with E-state index in [-0.39, 0.29) is 0 Å². The van der Waals surface area contributed by atoms with Crippen LogP contribution in [0.5, 0.6) is 0 Å². The first kappa shape index (κ1) is 22.8. The fraction of sp³-hybridized carbons (Fsp3) is 1.00. The van der Waals surface area contributed by atoms with Crippen LogP contribution in [0.25, 0.3) is 16.0 Å². The van der Waals surface area contributed by atoms with Crippen LogP contribution in [0.15, 0.2) is 3.60 Å². The zero-order valence-electron chi connectivity index (χ0n) is 8.77. The van der Waals surface area contributed by atoms with Crippen molar-refractivity contribution < 1.29 is 19.6 Å². The van der Waals surface area contributed by atoms with Gasteiger partial charge in [-0.2, -0.15) is 42.3 Å². The average Bonchev–Trinajstić information content (AvgIpc) is 1.92. The van der Waals surface area contributed by atoms with Gasteiger partial charge in [0.2, 0.25) is 0 Å². The number of hydrogen-bond acceptors (Lipinski definition) is 2. The van der Waals surface area contributed by atoms with Crippen molar-refractivity contribution in [1.82, 2.24) is 0 Å². The molecule has 0 amide bonds. The Morgan fingerprint density at radius 2 is 0.833 bits per heavy atom. The third kappa shape index (κ3) is 8340. The second-order valence-electron chi connectivity index (χ2n) is 1.45. The molecular weight excluding hydrogens is 238 g/mol. The predicted octanol–water partition coefficient (Wildman–Crippen LogP) is 1.45. The van der Waals surface area contributed by atoms with E-state index in [1.165, 1.54) is 19.6 Å². The molecular formula is C6H20MoN5-3. The van der Waals surface area contributed by atoms with Gasteiger partial charge in [0.1, 0.15) is 0 Å². The molecule has 0 spiro atoms. The van der Waals surface area contributed by atoms with Crippen LogP contribution in [0, 0.1) is 0 Å². The summed E-state index contributed by atoms with van der Waals surface area (Å²) in [4.78, 5) is 0. The van der Waals surface area contributed by atoms with Gasteiger partial charge in [-0.15, -0.1) is 0 Å². The number of nitrogens with two attached hydrogens (primary N) is 1. The third-order valence-corrected chi connectivity index (χ3v) is 0. The second-order valence-corrected chi connectivity index (χ2v) is 1.97. The Balaban J connectivity index is -0.0000000356. The molecule has 0 aromatic heterocycles. The molecule has 5 nitrogen and oxygen atoms in total. The zero-order chi connectivity index (χ0) is 10.8. The summed E-state index contributed by atoms with van der Waals surface area (Å²) in [6, 6.07) is 0. The Kier molecular flexibility index (Phi) is 123. The second kappa shape index (κ2) is 64.5. The van der Waals surface area contributed by atoms with Crippen molar-refractivity contribution in [2.24, 2.45) is 9.45 Å². The monoisotopic (exact) mass is 260 g/mol. The number of rotatable bonds is 0. The van der Waals surface area contributed by atoms with Gasteiger partial charge in [-0.1, -0.05) is 0 Å². The van der Waals surface area contributed by atoms with E-state index in [9.17, 15) is 0 Å². The SMILES string of the molecule is C[N-]C.C[N-]C.C[N-]C.N[N]=[Mo]. The van der Waals surface area contributed by atoms with Crippen LogP contribution in [-0.4, -0.2) is 42.3 Å². The first-order valence-electron chi connectivity index (χ1n) is 3.12. The molecule has 0 aliphatic rings. The molecule has 0 fully saturated rings. The van der Waals surface area contributed by atoms with Crippen molar-refractivity contribution in [3.63, 3.8) is 0 Å². The van der Waals surface area contributed by atoms with Gasteiger partial charge in [0, 0.05) is 0 Å². The topological polar surface area (TPSA) is 80.7 Å². The summed E-state index contributed by atoms with van der Waals surface area (Å²) in [5.74, 6) is 4.48. The minimum atomic E-state index is 1.47. The minimum absolute atomic E-state index is 1.47. The van der Waals surface area contributed by atoms with E-state index in [1.807, 2.05) is 0 Å². The molecule has 0 unspecified atom stereocenters. The molecule has 0 saturated carbocycles. The number of nitrogens with zero attached hydrogens (tertiary/aromatic N) is 4. The molecule has 0 bridgehead atoms. The fourth-order valence-electron chi connectivity index (χ4n) is 0. The van der Waals surface area contributed by atoms with E-state index in [2.05, 4.69) is 25.4 Å². The van der Waals surface area contributed by atoms with Crippen LogP contribution in [0.1, 0.15) is 0 Å². The van der Waals surface area contributed by atoms with E-state index in [0.29, 0.717) is 0 Å². The Morgan fingerprint density at radius 3 is 0.833 bits per heavy atom. The van der Waals surface area contributed by atoms with Crippen LogP contribution >= 0.6 is 0 Å². The first-order chi connectivity index (χ1) is 5.66. The summed E-state index contributed by atoms with van der Waals surface area (Å²) in [6.45, 7) is 0. The molecule has 0 aliphatic heterocycles. The van der Waals surface area contributed by atoms with Crippen molar-refractivity contribution >= 4 is 0 Å². The quantitative estimate of drug-likeness (QED) is 0.398. The van der Waals surface area contributed by atoms with E-state index in [4.69, 9.17) is 0 Å². The number of hydrogen-bond donors (Lipinski definition) is 1. The van der Waals surface area contributed by atoms with Crippen LogP contribution in [0.4, 0.5) is 0 Å². The normalized spacial score (nSPS) is 5.58. The summed E-state index contributed by atoms with van der Waals surface area (Å²) in [5, 5.41) is 10.5. The molecule has 0 aromatic rings. The van der Waals surface area contributed by atoms with E-state index in [0.717, 1.165) is 0 Å². The van der Waals surface area contributed by atoms with E-state index in [1.54, 1.807) is 42.3 Å². The van der Waals surface area contributed by atoms with Crippen LogP contribution in [-0.2, 0) is 19.6 Å². The standard InChI is InChI=1S/3C2H6N.Mo.H2N2/c3*1-3-2;;1-2/h3*1-2H3;;1H2/q3*-1;;. The fourth-order valence-corrected chi connectivity index (χ4v) is 0. The van der Waals surface area contributed by atoms with Gasteiger partial charge < -0.3 is 16.0 Å². The Labute approximate surface area is 87.6 Å². The summed E-state index contributed by atoms with van der Waals surface area (Å²) in [7, 11) is 10.5. The van der Waals surface area contributed by atoms with E-state index < -0.39 is 0 Å². The Morgan fingerprint density at radius 1 is 0.833 bits per heavy atom. The summed E-state index contributed by atoms with van der Waals surface area (Å²) in [5.41, 5.74) is 0. The van der Waals surface area contributed by atoms with Gasteiger partial charge in [-0.05, 0) is 0 Å². The molecule has 6 heteroatoms. The molecule has 78 valence electrons. The van der Waals surface area contributed by atoms with Gasteiger partial charge in [0.05, 0.1) is 0 Å². The Hall–Kier alpha value is 0.328. The van der Waals surface area contributed by atoms with Crippen LogP contribution < -0.4 is 5.84 Å². The van der Waals surface area contributed by atoms with Gasteiger partial charge in [0.15, 0.2) is 0 Å². The molecule has 2 N–H and O–H groups in total. The molecule has 0 saturated heterocycles. The molecule has 0 aliphatic carbocycles. The van der Waals surface area contributed by atoms with E-state index >= 15 is 0 Å². The van der Waals surface area contributed by atoms with Crippen LogP contribution in [0.3, 0.4) is 0 Å². The average molecular weight is 258 g/mol. The van der Waals surface area contributed by atoms with Gasteiger partial charge in [0.25, 0.3) is 0 Å². The molecule has 0 aromatic carbocycles.